The van der Waals surface area contributed by atoms with E-state index < -0.39 is 0 Å². The molecule has 17 heavy (non-hydrogen) atoms. The molecule has 0 radical (unpaired) electrons. The summed E-state index contributed by atoms with van der Waals surface area (Å²) in [6.45, 7) is 2.08. The van der Waals surface area contributed by atoms with Gasteiger partial charge in [0.25, 0.3) is 0 Å². The van der Waals surface area contributed by atoms with E-state index in [4.69, 9.17) is 16.9 Å². The number of thiol groups is 1. The minimum absolute atomic E-state index is 0.696. The number of hydrogen-bond donors (Lipinski definition) is 1. The highest BCUT2D eigenvalue weighted by Gasteiger charge is 2.04. The lowest BCUT2D eigenvalue weighted by Gasteiger charge is -2.06. The largest absolute Gasteiger partial charge is 0.263 e. The summed E-state index contributed by atoms with van der Waals surface area (Å²) in [7, 11) is 0. The molecule has 0 atom stereocenters. The van der Waals surface area contributed by atoms with Gasteiger partial charge < -0.3 is 0 Å². The highest BCUT2D eigenvalue weighted by atomic mass is 35.5. The molecule has 1 heterocycles. The van der Waals surface area contributed by atoms with Gasteiger partial charge in [0.2, 0.25) is 0 Å². The van der Waals surface area contributed by atoms with E-state index in [0.717, 1.165) is 5.56 Å². The molecule has 2 aromatic rings. The number of thiocyanates is 1. The Balaban J connectivity index is 0.000000437. The van der Waals surface area contributed by atoms with Crippen LogP contribution in [-0.2, 0) is 0 Å². The molecule has 0 aliphatic carbocycles. The monoisotopic (exact) mass is 262 g/mol. The molecule has 4 heteroatoms. The molecule has 1 aromatic heterocycles. The first-order chi connectivity index (χ1) is 8.20. The zero-order valence-electron chi connectivity index (χ0n) is 9.26. The Kier molecular flexibility index (Phi) is 5.55. The van der Waals surface area contributed by atoms with Crippen LogP contribution in [0.15, 0.2) is 42.7 Å². The van der Waals surface area contributed by atoms with Crippen molar-refractivity contribution < 1.29 is 0 Å². The van der Waals surface area contributed by atoms with E-state index in [0.29, 0.717) is 5.02 Å². The Bertz CT molecular complexity index is 491. The van der Waals surface area contributed by atoms with Crippen molar-refractivity contribution in [1.29, 1.82) is 5.26 Å². The quantitative estimate of drug-likeness (QED) is 0.620. The Labute approximate surface area is 111 Å². The number of halogens is 1. The van der Waals surface area contributed by atoms with Crippen LogP contribution in [0.2, 0.25) is 5.02 Å². The van der Waals surface area contributed by atoms with Crippen molar-refractivity contribution in [3.05, 3.63) is 53.3 Å². The minimum atomic E-state index is 0.696. The van der Waals surface area contributed by atoms with Gasteiger partial charge in [-0.05, 0) is 24.1 Å². The third-order valence-electron chi connectivity index (χ3n) is 2.21. The lowest BCUT2D eigenvalue weighted by molar-refractivity contribution is 1.32. The van der Waals surface area contributed by atoms with Gasteiger partial charge >= 0.3 is 0 Å². The standard InChI is InChI=1S/C12H10ClN.CHNS/c1-9-4-2-3-5-10(9)11-6-7-14-8-12(11)13;2-1-3/h2-8H,1H3;3H. The average Bonchev–Trinajstić information content (AvgIpc) is 2.32. The van der Waals surface area contributed by atoms with Gasteiger partial charge in [-0.3, -0.25) is 4.98 Å². The number of aryl methyl sites for hydroxylation is 1. The van der Waals surface area contributed by atoms with Gasteiger partial charge in [-0.1, -0.05) is 48.5 Å². The number of aromatic nitrogens is 1. The van der Waals surface area contributed by atoms with Crippen molar-refractivity contribution in [3.63, 3.8) is 0 Å². The molecule has 1 aromatic carbocycles. The van der Waals surface area contributed by atoms with Crippen molar-refractivity contribution in [2.45, 2.75) is 6.92 Å². The maximum absolute atomic E-state index is 7.18. The summed E-state index contributed by atoms with van der Waals surface area (Å²) in [4.78, 5) is 3.97. The van der Waals surface area contributed by atoms with Crippen molar-refractivity contribution in [2.75, 3.05) is 0 Å². The lowest BCUT2D eigenvalue weighted by atomic mass is 10.0. The first-order valence-corrected chi connectivity index (χ1v) is 5.72. The summed E-state index contributed by atoms with van der Waals surface area (Å²) in [5.74, 6) is 0. The molecule has 0 aliphatic heterocycles. The Morgan fingerprint density at radius 1 is 1.24 bits per heavy atom. The van der Waals surface area contributed by atoms with Crippen LogP contribution in [0.3, 0.4) is 0 Å². The molecule has 0 fully saturated rings. The first-order valence-electron chi connectivity index (χ1n) is 4.89. The van der Waals surface area contributed by atoms with Gasteiger partial charge in [0, 0.05) is 18.0 Å². The third kappa shape index (κ3) is 3.77. The Morgan fingerprint density at radius 2 is 1.88 bits per heavy atom. The summed E-state index contributed by atoms with van der Waals surface area (Å²) in [6.07, 6.45) is 3.43. The van der Waals surface area contributed by atoms with E-state index in [1.807, 2.05) is 18.2 Å². The number of hydrogen-bond acceptors (Lipinski definition) is 3. The van der Waals surface area contributed by atoms with Crippen LogP contribution < -0.4 is 0 Å². The van der Waals surface area contributed by atoms with Gasteiger partial charge in [0.15, 0.2) is 0 Å². The van der Waals surface area contributed by atoms with Gasteiger partial charge in [0.1, 0.15) is 5.40 Å². The summed E-state index contributed by atoms with van der Waals surface area (Å²) in [5, 5.41) is 9.32. The second-order valence-corrected chi connectivity index (χ2v) is 3.88. The maximum atomic E-state index is 7.18. The predicted molar refractivity (Wildman–Crippen MR) is 74.0 cm³/mol. The molecule has 0 amide bonds. The lowest BCUT2D eigenvalue weighted by Crippen LogP contribution is -1.84. The summed E-state index contributed by atoms with van der Waals surface area (Å²) in [5.41, 5.74) is 3.43. The fourth-order valence-corrected chi connectivity index (χ4v) is 1.69. The summed E-state index contributed by atoms with van der Waals surface area (Å²) in [6, 6.07) is 10.1. The number of nitrogens with zero attached hydrogens (tertiary/aromatic N) is 2. The molecule has 2 nitrogen and oxygen atoms in total. The van der Waals surface area contributed by atoms with E-state index in [2.05, 4.69) is 36.7 Å². The van der Waals surface area contributed by atoms with Crippen LogP contribution in [0, 0.1) is 17.6 Å². The highest BCUT2D eigenvalue weighted by Crippen LogP contribution is 2.28. The molecule has 0 saturated carbocycles. The van der Waals surface area contributed by atoms with Crippen molar-refractivity contribution in [2.24, 2.45) is 0 Å². The number of benzene rings is 1. The predicted octanol–water partition coefficient (Wildman–Crippen LogP) is 4.11. The fourth-order valence-electron chi connectivity index (χ4n) is 1.47. The van der Waals surface area contributed by atoms with Crippen LogP contribution >= 0.6 is 24.2 Å². The van der Waals surface area contributed by atoms with E-state index >= 15 is 0 Å². The Morgan fingerprint density at radius 3 is 2.47 bits per heavy atom. The molecule has 2 rings (SSSR count). The van der Waals surface area contributed by atoms with Crippen molar-refractivity contribution in [3.8, 4) is 16.5 Å². The zero-order chi connectivity index (χ0) is 12.7. The molecular weight excluding hydrogens is 252 g/mol. The van der Waals surface area contributed by atoms with Crippen molar-refractivity contribution in [1.82, 2.24) is 4.98 Å². The second kappa shape index (κ2) is 6.95. The average molecular weight is 263 g/mol. The molecule has 0 saturated heterocycles. The van der Waals surface area contributed by atoms with E-state index in [1.54, 1.807) is 12.4 Å². The van der Waals surface area contributed by atoms with E-state index in [-0.39, 0.29) is 0 Å². The third-order valence-corrected chi connectivity index (χ3v) is 2.51. The number of pyridine rings is 1. The van der Waals surface area contributed by atoms with Crippen LogP contribution in [0.4, 0.5) is 0 Å². The second-order valence-electron chi connectivity index (χ2n) is 3.27. The van der Waals surface area contributed by atoms with Crippen LogP contribution in [0.1, 0.15) is 5.56 Å². The van der Waals surface area contributed by atoms with E-state index in [9.17, 15) is 0 Å². The normalized spacial score (nSPS) is 8.82. The number of nitriles is 1. The van der Waals surface area contributed by atoms with E-state index in [1.165, 1.54) is 16.5 Å². The molecule has 0 N–H and O–H groups in total. The maximum Gasteiger partial charge on any atom is 0.130 e. The SMILES string of the molecule is Cc1ccccc1-c1ccncc1Cl.N#CS. The van der Waals surface area contributed by atoms with Crippen molar-refractivity contribution >= 4 is 24.2 Å². The van der Waals surface area contributed by atoms with Gasteiger partial charge in [-0.15, -0.1) is 0 Å². The highest BCUT2D eigenvalue weighted by molar-refractivity contribution is 7.85. The van der Waals surface area contributed by atoms with Gasteiger partial charge in [0.05, 0.1) is 5.02 Å². The molecule has 0 unspecified atom stereocenters. The minimum Gasteiger partial charge on any atom is -0.263 e. The number of rotatable bonds is 1. The van der Waals surface area contributed by atoms with Crippen LogP contribution in [0.5, 0.6) is 0 Å². The first kappa shape index (κ1) is 13.6. The van der Waals surface area contributed by atoms with Crippen LogP contribution in [0.25, 0.3) is 11.1 Å². The van der Waals surface area contributed by atoms with Gasteiger partial charge in [-0.2, -0.15) is 5.26 Å². The zero-order valence-corrected chi connectivity index (χ0v) is 10.9. The van der Waals surface area contributed by atoms with Gasteiger partial charge in [-0.25, -0.2) is 0 Å². The summed E-state index contributed by atoms with van der Waals surface area (Å²) >= 11 is 9.16. The smallest absolute Gasteiger partial charge is 0.130 e. The molecular formula is C13H11ClN2S. The topological polar surface area (TPSA) is 36.7 Å². The summed E-state index contributed by atoms with van der Waals surface area (Å²) < 4.78 is 0. The molecule has 86 valence electrons. The molecule has 0 spiro atoms. The Hall–Kier alpha value is -1.50. The van der Waals surface area contributed by atoms with Crippen LogP contribution in [-0.4, -0.2) is 4.98 Å². The molecule has 0 aliphatic rings. The molecule has 0 bridgehead atoms. The fraction of sp³-hybridized carbons (Fsp3) is 0.0769.